The second kappa shape index (κ2) is 8.89. The van der Waals surface area contributed by atoms with Crippen molar-refractivity contribution in [3.8, 4) is 0 Å². The summed E-state index contributed by atoms with van der Waals surface area (Å²) in [5.41, 5.74) is -0.0830. The van der Waals surface area contributed by atoms with Gasteiger partial charge in [-0.1, -0.05) is 37.6 Å². The van der Waals surface area contributed by atoms with Gasteiger partial charge in [0, 0.05) is 18.5 Å². The zero-order valence-electron chi connectivity index (χ0n) is 13.9. The Hall–Kier alpha value is -1.59. The van der Waals surface area contributed by atoms with Crippen LogP contribution in [0.1, 0.15) is 51.6 Å². The maximum Gasteiger partial charge on any atom is 0.222 e. The molecule has 6 heteroatoms. The Morgan fingerprint density at radius 1 is 1.22 bits per heavy atom. The Kier molecular flexibility index (Phi) is 7.52. The van der Waals surface area contributed by atoms with Crippen molar-refractivity contribution in [2.75, 3.05) is 6.54 Å². The molecule has 5 nitrogen and oxygen atoms in total. The lowest BCUT2D eigenvalue weighted by Crippen LogP contribution is -2.43. The number of hydrogen-bond acceptors (Lipinski definition) is 3. The van der Waals surface area contributed by atoms with Crippen LogP contribution in [0.15, 0.2) is 24.3 Å². The van der Waals surface area contributed by atoms with Gasteiger partial charge in [0.15, 0.2) is 0 Å². The van der Waals surface area contributed by atoms with Crippen molar-refractivity contribution in [3.05, 3.63) is 34.9 Å². The van der Waals surface area contributed by atoms with E-state index in [0.717, 1.165) is 5.56 Å². The van der Waals surface area contributed by atoms with E-state index in [1.54, 1.807) is 24.3 Å². The van der Waals surface area contributed by atoms with Crippen molar-refractivity contribution >= 4 is 23.4 Å². The minimum Gasteiger partial charge on any atom is -0.388 e. The molecule has 1 rings (SSSR count). The molecule has 1 aromatic carbocycles. The summed E-state index contributed by atoms with van der Waals surface area (Å²) in [7, 11) is 0. The van der Waals surface area contributed by atoms with Crippen molar-refractivity contribution in [3.63, 3.8) is 0 Å². The fraction of sp³-hybridized carbons (Fsp3) is 0.529. The monoisotopic (exact) mass is 340 g/mol. The first-order chi connectivity index (χ1) is 10.8. The van der Waals surface area contributed by atoms with Gasteiger partial charge in [-0.2, -0.15) is 0 Å². The zero-order valence-corrected chi connectivity index (χ0v) is 14.6. The van der Waals surface area contributed by atoms with Gasteiger partial charge in [0.05, 0.1) is 18.1 Å². The van der Waals surface area contributed by atoms with Crippen molar-refractivity contribution in [2.45, 2.75) is 51.7 Å². The Morgan fingerprint density at radius 2 is 1.78 bits per heavy atom. The molecule has 0 fully saturated rings. The van der Waals surface area contributed by atoms with Crippen LogP contribution in [0.2, 0.25) is 5.02 Å². The summed E-state index contributed by atoms with van der Waals surface area (Å²) in [4.78, 5) is 23.5. The average molecular weight is 341 g/mol. The van der Waals surface area contributed by atoms with Crippen LogP contribution in [0.5, 0.6) is 0 Å². The van der Waals surface area contributed by atoms with Gasteiger partial charge in [0.2, 0.25) is 11.8 Å². The summed E-state index contributed by atoms with van der Waals surface area (Å²) in [6, 6.07) is 6.57. The van der Waals surface area contributed by atoms with Gasteiger partial charge in [0.1, 0.15) is 0 Å². The molecule has 0 saturated heterocycles. The predicted octanol–water partition coefficient (Wildman–Crippen LogP) is 2.57. The molecular formula is C17H25ClN2O3. The lowest BCUT2D eigenvalue weighted by molar-refractivity contribution is -0.123. The van der Waals surface area contributed by atoms with Crippen molar-refractivity contribution in [1.29, 1.82) is 0 Å². The number of aliphatic hydroxyl groups is 1. The maximum atomic E-state index is 12.2. The summed E-state index contributed by atoms with van der Waals surface area (Å²) in [5, 5.41) is 16.3. The van der Waals surface area contributed by atoms with Crippen LogP contribution >= 0.6 is 11.6 Å². The molecule has 0 aromatic heterocycles. The normalized spacial score (nSPS) is 12.6. The fourth-order valence-corrected chi connectivity index (χ4v) is 2.34. The van der Waals surface area contributed by atoms with Crippen LogP contribution in [-0.2, 0) is 9.59 Å². The SMILES string of the molecule is CCC(O)(CC)CNC(=O)CC(NC(C)=O)c1ccc(Cl)cc1. The third-order valence-electron chi connectivity index (χ3n) is 3.97. The minimum absolute atomic E-state index is 0.102. The molecule has 1 aromatic rings. The minimum atomic E-state index is -0.889. The first kappa shape index (κ1) is 19.5. The van der Waals surface area contributed by atoms with Gasteiger partial charge >= 0.3 is 0 Å². The molecule has 1 unspecified atom stereocenters. The second-order valence-corrected chi connectivity index (χ2v) is 6.15. The number of carbonyl (C=O) groups is 2. The lowest BCUT2D eigenvalue weighted by Gasteiger charge is -2.26. The van der Waals surface area contributed by atoms with E-state index < -0.39 is 11.6 Å². The number of halogens is 1. The van der Waals surface area contributed by atoms with Gasteiger partial charge in [0.25, 0.3) is 0 Å². The topological polar surface area (TPSA) is 78.4 Å². The quantitative estimate of drug-likeness (QED) is 0.680. The molecule has 0 bridgehead atoms. The molecule has 0 heterocycles. The molecule has 2 amide bonds. The molecule has 0 aliphatic rings. The number of nitrogens with one attached hydrogen (secondary N) is 2. The summed E-state index contributed by atoms with van der Waals surface area (Å²) < 4.78 is 0. The Labute approximate surface area is 142 Å². The molecule has 0 aliphatic carbocycles. The Morgan fingerprint density at radius 3 is 2.26 bits per heavy atom. The first-order valence-corrected chi connectivity index (χ1v) is 8.19. The van der Waals surface area contributed by atoms with E-state index in [4.69, 9.17) is 11.6 Å². The third kappa shape index (κ3) is 6.59. The van der Waals surface area contributed by atoms with E-state index >= 15 is 0 Å². The van der Waals surface area contributed by atoms with Gasteiger partial charge in [-0.15, -0.1) is 0 Å². The first-order valence-electron chi connectivity index (χ1n) is 7.81. The van der Waals surface area contributed by atoms with E-state index in [2.05, 4.69) is 10.6 Å². The number of hydrogen-bond donors (Lipinski definition) is 3. The highest BCUT2D eigenvalue weighted by molar-refractivity contribution is 6.30. The van der Waals surface area contributed by atoms with Crippen molar-refractivity contribution < 1.29 is 14.7 Å². The van der Waals surface area contributed by atoms with Crippen LogP contribution in [0.3, 0.4) is 0 Å². The molecule has 0 spiro atoms. The Balaban J connectivity index is 2.71. The average Bonchev–Trinajstić information content (AvgIpc) is 2.52. The molecule has 3 N–H and O–H groups in total. The Bertz CT molecular complexity index is 527. The smallest absolute Gasteiger partial charge is 0.222 e. The van der Waals surface area contributed by atoms with E-state index in [1.165, 1.54) is 6.92 Å². The van der Waals surface area contributed by atoms with Crippen LogP contribution in [-0.4, -0.2) is 29.1 Å². The highest BCUT2D eigenvalue weighted by atomic mass is 35.5. The molecular weight excluding hydrogens is 316 g/mol. The number of carbonyl (C=O) groups excluding carboxylic acids is 2. The molecule has 1 atom stereocenters. The molecule has 0 saturated carbocycles. The van der Waals surface area contributed by atoms with Gasteiger partial charge in [-0.05, 0) is 30.5 Å². The number of benzene rings is 1. The summed E-state index contributed by atoms with van der Waals surface area (Å²) in [5.74, 6) is -0.435. The van der Waals surface area contributed by atoms with Crippen LogP contribution in [0.25, 0.3) is 0 Å². The molecule has 0 aliphatic heterocycles. The fourth-order valence-electron chi connectivity index (χ4n) is 2.21. The molecule has 23 heavy (non-hydrogen) atoms. The largest absolute Gasteiger partial charge is 0.388 e. The predicted molar refractivity (Wildman–Crippen MR) is 91.2 cm³/mol. The van der Waals surface area contributed by atoms with Crippen LogP contribution < -0.4 is 10.6 Å². The van der Waals surface area contributed by atoms with Crippen LogP contribution in [0, 0.1) is 0 Å². The highest BCUT2D eigenvalue weighted by Crippen LogP contribution is 2.20. The van der Waals surface area contributed by atoms with E-state index in [1.807, 2.05) is 13.8 Å². The lowest BCUT2D eigenvalue weighted by atomic mass is 9.97. The van der Waals surface area contributed by atoms with Gasteiger partial charge in [-0.3, -0.25) is 9.59 Å². The maximum absolute atomic E-state index is 12.2. The summed E-state index contributed by atoms with van der Waals surface area (Å²) >= 11 is 5.87. The number of amides is 2. The van der Waals surface area contributed by atoms with E-state index in [9.17, 15) is 14.7 Å². The molecule has 128 valence electrons. The highest BCUT2D eigenvalue weighted by Gasteiger charge is 2.24. The van der Waals surface area contributed by atoms with Gasteiger partial charge < -0.3 is 15.7 Å². The standard InChI is InChI=1S/C17H25ClN2O3/c1-4-17(23,5-2)11-19-16(22)10-15(20-12(3)21)13-6-8-14(18)9-7-13/h6-9,15,23H,4-5,10-11H2,1-3H3,(H,19,22)(H,20,21). The van der Waals surface area contributed by atoms with Gasteiger partial charge in [-0.25, -0.2) is 0 Å². The van der Waals surface area contributed by atoms with E-state index in [-0.39, 0.29) is 24.8 Å². The van der Waals surface area contributed by atoms with Crippen LogP contribution in [0.4, 0.5) is 0 Å². The second-order valence-electron chi connectivity index (χ2n) is 5.72. The van der Waals surface area contributed by atoms with Crippen molar-refractivity contribution in [1.82, 2.24) is 10.6 Å². The summed E-state index contributed by atoms with van der Waals surface area (Å²) in [6.45, 7) is 5.37. The summed E-state index contributed by atoms with van der Waals surface area (Å²) in [6.07, 6.45) is 1.23. The molecule has 0 radical (unpaired) electrons. The van der Waals surface area contributed by atoms with Crippen molar-refractivity contribution in [2.24, 2.45) is 0 Å². The third-order valence-corrected chi connectivity index (χ3v) is 4.22. The van der Waals surface area contributed by atoms with E-state index in [0.29, 0.717) is 17.9 Å². The zero-order chi connectivity index (χ0) is 17.5. The number of rotatable bonds is 8.